The Kier molecular flexibility index (Phi) is 6.53. The Hall–Kier alpha value is -4.03. The number of hydrogen-bond acceptors (Lipinski definition) is 8. The van der Waals surface area contributed by atoms with Crippen molar-refractivity contribution in [1.29, 1.82) is 0 Å². The van der Waals surface area contributed by atoms with Crippen LogP contribution in [-0.4, -0.2) is 62.5 Å². The number of aliphatic hydroxyl groups is 1. The number of anilines is 3. The number of rotatable bonds is 7. The average molecular weight is 497 g/mol. The van der Waals surface area contributed by atoms with Crippen LogP contribution in [0.25, 0.3) is 17.0 Å². The summed E-state index contributed by atoms with van der Waals surface area (Å²) >= 11 is 0. The lowest BCUT2D eigenvalue weighted by atomic mass is 10.2. The average Bonchev–Trinajstić information content (AvgIpc) is 3.49. The largest absolute Gasteiger partial charge is 0.421 e. The van der Waals surface area contributed by atoms with Gasteiger partial charge < -0.3 is 30.4 Å². The van der Waals surface area contributed by atoms with Crippen molar-refractivity contribution in [2.75, 3.05) is 36.5 Å². The zero-order valence-corrected chi connectivity index (χ0v) is 19.8. The third kappa shape index (κ3) is 4.86. The van der Waals surface area contributed by atoms with Gasteiger partial charge in [-0.1, -0.05) is 6.08 Å². The zero-order chi connectivity index (χ0) is 25.2. The number of H-pyrrole nitrogens is 2. The number of benzene rings is 1. The molecule has 1 atom stereocenters. The number of halogens is 2. The van der Waals surface area contributed by atoms with Crippen LogP contribution in [0.3, 0.4) is 0 Å². The number of hydrogen-bond donors (Lipinski definition) is 5. The van der Waals surface area contributed by atoms with Crippen LogP contribution < -0.4 is 20.3 Å². The van der Waals surface area contributed by atoms with E-state index in [1.165, 1.54) is 6.07 Å². The number of ether oxygens (including phenoxy) is 1. The molecule has 188 valence electrons. The summed E-state index contributed by atoms with van der Waals surface area (Å²) in [5.41, 5.74) is 1.49. The first-order chi connectivity index (χ1) is 17.4. The number of aryl methyl sites for hydroxylation is 1. The van der Waals surface area contributed by atoms with Crippen LogP contribution in [0.15, 0.2) is 30.3 Å². The molecule has 0 bridgehead atoms. The minimum Gasteiger partial charge on any atom is -0.421 e. The number of aliphatic hydroxyl groups excluding tert-OH is 1. The molecule has 5 N–H and O–H groups in total. The number of nitrogens with zero attached hydrogens (tertiary/aromatic N) is 4. The number of fused-ring (bicyclic) bond motifs is 1. The van der Waals surface area contributed by atoms with E-state index in [4.69, 9.17) is 4.74 Å². The Bertz CT molecular complexity index is 1420. The quantitative estimate of drug-likeness (QED) is 0.263. The molecule has 1 saturated heterocycles. The highest BCUT2D eigenvalue weighted by Gasteiger charge is 2.23. The fourth-order valence-corrected chi connectivity index (χ4v) is 4.14. The van der Waals surface area contributed by atoms with Gasteiger partial charge in [-0.05, 0) is 26.0 Å². The molecule has 12 heteroatoms. The molecule has 1 aromatic carbocycles. The Morgan fingerprint density at radius 2 is 2.08 bits per heavy atom. The van der Waals surface area contributed by atoms with Gasteiger partial charge in [-0.15, -0.1) is 0 Å². The maximum absolute atomic E-state index is 15.2. The molecule has 0 radical (unpaired) electrons. The highest BCUT2D eigenvalue weighted by molar-refractivity contribution is 5.83. The fraction of sp³-hybridized carbons (Fsp3) is 0.292. The van der Waals surface area contributed by atoms with Crippen LogP contribution in [0.2, 0.25) is 0 Å². The molecular weight excluding hydrogens is 470 g/mol. The highest BCUT2D eigenvalue weighted by Crippen LogP contribution is 2.33. The molecule has 1 aliphatic heterocycles. The number of aromatic nitrogens is 5. The lowest BCUT2D eigenvalue weighted by Gasteiger charge is -2.33. The van der Waals surface area contributed by atoms with Crippen molar-refractivity contribution in [2.45, 2.75) is 19.9 Å². The van der Waals surface area contributed by atoms with Crippen LogP contribution in [0.4, 0.5) is 26.2 Å². The Morgan fingerprint density at radius 1 is 1.22 bits per heavy atom. The number of nitrogens with one attached hydrogen (secondary N) is 4. The van der Waals surface area contributed by atoms with Crippen LogP contribution >= 0.6 is 0 Å². The lowest BCUT2D eigenvalue weighted by molar-refractivity contribution is 0.235. The maximum Gasteiger partial charge on any atom is 0.326 e. The normalized spacial score (nSPS) is 16.2. The van der Waals surface area contributed by atoms with Gasteiger partial charge in [0, 0.05) is 55.0 Å². The summed E-state index contributed by atoms with van der Waals surface area (Å²) in [4.78, 5) is 13.6. The van der Waals surface area contributed by atoms with Crippen molar-refractivity contribution in [2.24, 2.45) is 0 Å². The van der Waals surface area contributed by atoms with E-state index in [1.54, 1.807) is 19.1 Å². The Balaban J connectivity index is 1.51. The van der Waals surface area contributed by atoms with Gasteiger partial charge in [0.1, 0.15) is 11.6 Å². The molecule has 1 fully saturated rings. The van der Waals surface area contributed by atoms with Gasteiger partial charge >= 0.3 is 6.01 Å². The summed E-state index contributed by atoms with van der Waals surface area (Å²) in [5.74, 6) is -0.326. The summed E-state index contributed by atoms with van der Waals surface area (Å²) in [6.07, 6.45) is 3.74. The topological polar surface area (TPSA) is 127 Å². The van der Waals surface area contributed by atoms with E-state index >= 15 is 4.39 Å². The summed E-state index contributed by atoms with van der Waals surface area (Å²) in [7, 11) is 0. The first-order valence-electron chi connectivity index (χ1n) is 11.5. The van der Waals surface area contributed by atoms with Gasteiger partial charge in [0.2, 0.25) is 0 Å². The van der Waals surface area contributed by atoms with Crippen molar-refractivity contribution in [3.8, 4) is 11.8 Å². The van der Waals surface area contributed by atoms with E-state index in [1.807, 2.05) is 24.0 Å². The smallest absolute Gasteiger partial charge is 0.326 e. The zero-order valence-electron chi connectivity index (χ0n) is 19.8. The molecule has 5 rings (SSSR count). The fourth-order valence-electron chi connectivity index (χ4n) is 4.14. The molecule has 1 unspecified atom stereocenters. The van der Waals surface area contributed by atoms with Gasteiger partial charge in [0.05, 0.1) is 17.8 Å². The molecule has 0 aliphatic carbocycles. The van der Waals surface area contributed by atoms with E-state index in [0.29, 0.717) is 42.8 Å². The summed E-state index contributed by atoms with van der Waals surface area (Å²) in [6, 6.07) is 5.71. The Labute approximate surface area is 205 Å². The second kappa shape index (κ2) is 9.91. The standard InChI is InChI=1S/C24H26F2N8O2/c1-3-4-14-8-20(33-32-14)29-19-10-21(34-6-5-27-15(11-34)12-35)31-24(30-19)36-18-9-17(25)23-16(22(18)26)7-13(2)28-23/h3-4,7-10,15,27-28,35H,5-6,11-12H2,1-2H3,(H2,29,30,31,32,33)/b4-3+. The molecule has 4 heterocycles. The van der Waals surface area contributed by atoms with Gasteiger partial charge in [0.15, 0.2) is 23.2 Å². The molecular formula is C24H26F2N8O2. The molecule has 1 aliphatic rings. The second-order valence-electron chi connectivity index (χ2n) is 8.52. The van der Waals surface area contributed by atoms with E-state index in [0.717, 1.165) is 11.8 Å². The van der Waals surface area contributed by atoms with Crippen LogP contribution in [0.5, 0.6) is 11.8 Å². The monoisotopic (exact) mass is 496 g/mol. The number of allylic oxidation sites excluding steroid dienone is 1. The highest BCUT2D eigenvalue weighted by atomic mass is 19.1. The van der Waals surface area contributed by atoms with Gasteiger partial charge in [0.25, 0.3) is 0 Å². The van der Waals surface area contributed by atoms with E-state index < -0.39 is 11.6 Å². The molecule has 0 saturated carbocycles. The van der Waals surface area contributed by atoms with Gasteiger partial charge in [-0.25, -0.2) is 8.78 Å². The van der Waals surface area contributed by atoms with Gasteiger partial charge in [-0.2, -0.15) is 15.1 Å². The van der Waals surface area contributed by atoms with Crippen LogP contribution in [0, 0.1) is 18.6 Å². The lowest BCUT2D eigenvalue weighted by Crippen LogP contribution is -2.52. The number of piperazine rings is 1. The Morgan fingerprint density at radius 3 is 2.89 bits per heavy atom. The molecule has 0 amide bonds. The van der Waals surface area contributed by atoms with Crippen molar-refractivity contribution in [1.82, 2.24) is 30.5 Å². The third-order valence-electron chi connectivity index (χ3n) is 5.80. The van der Waals surface area contributed by atoms with Gasteiger partial charge in [-0.3, -0.25) is 5.10 Å². The molecule has 3 aromatic heterocycles. The molecule has 10 nitrogen and oxygen atoms in total. The minimum absolute atomic E-state index is 0.0301. The van der Waals surface area contributed by atoms with Crippen molar-refractivity contribution < 1.29 is 18.6 Å². The molecule has 4 aromatic rings. The summed E-state index contributed by atoms with van der Waals surface area (Å²) < 4.78 is 35.5. The predicted octanol–water partition coefficient (Wildman–Crippen LogP) is 3.61. The molecule has 0 spiro atoms. The first kappa shape index (κ1) is 23.7. The van der Waals surface area contributed by atoms with Crippen molar-refractivity contribution in [3.05, 3.63) is 53.4 Å². The minimum atomic E-state index is -0.718. The SMILES string of the molecule is C/C=C/c1cc(Nc2cc(N3CCNC(CO)C3)nc(Oc3cc(F)c4[nH]c(C)cc4c3F)n2)n[nH]1. The third-order valence-corrected chi connectivity index (χ3v) is 5.80. The maximum atomic E-state index is 15.2. The van der Waals surface area contributed by atoms with Crippen LogP contribution in [0.1, 0.15) is 18.3 Å². The van der Waals surface area contributed by atoms with Crippen molar-refractivity contribution >= 4 is 34.4 Å². The van der Waals surface area contributed by atoms with E-state index in [2.05, 4.69) is 35.8 Å². The van der Waals surface area contributed by atoms with Crippen molar-refractivity contribution in [3.63, 3.8) is 0 Å². The first-order valence-corrected chi connectivity index (χ1v) is 11.5. The predicted molar refractivity (Wildman–Crippen MR) is 133 cm³/mol. The van der Waals surface area contributed by atoms with E-state index in [-0.39, 0.29) is 35.3 Å². The second-order valence-corrected chi connectivity index (χ2v) is 8.52. The summed E-state index contributed by atoms with van der Waals surface area (Å²) in [6.45, 7) is 5.35. The number of aromatic amines is 2. The van der Waals surface area contributed by atoms with Crippen LogP contribution in [-0.2, 0) is 0 Å². The summed E-state index contributed by atoms with van der Waals surface area (Å²) in [5, 5.41) is 23.1. The van der Waals surface area contributed by atoms with E-state index in [9.17, 15) is 9.50 Å². The molecule has 36 heavy (non-hydrogen) atoms.